The van der Waals surface area contributed by atoms with Crippen molar-refractivity contribution < 1.29 is 0 Å². The highest BCUT2D eigenvalue weighted by Crippen LogP contribution is 2.08. The molecule has 0 unspecified atom stereocenters. The lowest BCUT2D eigenvalue weighted by atomic mass is 10.1. The van der Waals surface area contributed by atoms with Crippen molar-refractivity contribution in [1.82, 2.24) is 0 Å². The molecule has 0 saturated heterocycles. The zero-order chi connectivity index (χ0) is 11.2. The van der Waals surface area contributed by atoms with E-state index >= 15 is 0 Å². The monoisotopic (exact) mass is 207 g/mol. The summed E-state index contributed by atoms with van der Waals surface area (Å²) in [6, 6.07) is 0. The Morgan fingerprint density at radius 1 is 0.667 bits per heavy atom. The van der Waals surface area contributed by atoms with Crippen molar-refractivity contribution in [2.45, 2.75) is 64.2 Å². The van der Waals surface area contributed by atoms with Gasteiger partial charge in [-0.15, -0.1) is 6.58 Å². The van der Waals surface area contributed by atoms with Gasteiger partial charge in [0.1, 0.15) is 0 Å². The summed E-state index contributed by atoms with van der Waals surface area (Å²) >= 11 is 0. The minimum absolute atomic E-state index is 1.06. The second-order valence-electron chi connectivity index (χ2n) is 4.10. The lowest BCUT2D eigenvalue weighted by Crippen LogP contribution is -1.78. The van der Waals surface area contributed by atoms with Gasteiger partial charge in [0.25, 0.3) is 0 Å². The molecule has 0 aromatic heterocycles. The lowest BCUT2D eigenvalue weighted by Gasteiger charge is -1.97. The number of unbranched alkanes of at least 4 members (excludes halogenated alkanes) is 8. The summed E-state index contributed by atoms with van der Waals surface area (Å²) in [6.07, 6.45) is 19.4. The van der Waals surface area contributed by atoms with Crippen LogP contribution in [0.2, 0.25) is 0 Å². The van der Waals surface area contributed by atoms with E-state index in [0.29, 0.717) is 0 Å². The van der Waals surface area contributed by atoms with E-state index in [-0.39, 0.29) is 0 Å². The first-order chi connectivity index (χ1) is 7.41. The Morgan fingerprint density at radius 2 is 1.20 bits per heavy atom. The van der Waals surface area contributed by atoms with Gasteiger partial charge < -0.3 is 0 Å². The Balaban J connectivity index is 2.97. The summed E-state index contributed by atoms with van der Waals surface area (Å²) in [7, 11) is 0. The molecule has 15 heavy (non-hydrogen) atoms. The Hall–Kier alpha value is -0.520. The molecule has 0 aromatic carbocycles. The molecule has 0 aliphatic rings. The molecule has 0 aromatic rings. The third-order valence-electron chi connectivity index (χ3n) is 2.57. The van der Waals surface area contributed by atoms with Crippen molar-refractivity contribution in [2.24, 2.45) is 0 Å². The molecule has 0 aliphatic heterocycles. The zero-order valence-electron chi connectivity index (χ0n) is 10.2. The molecule has 0 rings (SSSR count). The molecule has 0 atom stereocenters. The summed E-state index contributed by atoms with van der Waals surface area (Å²) in [6.45, 7) is 7.56. The van der Waals surface area contributed by atoms with E-state index in [4.69, 9.17) is 0 Å². The topological polar surface area (TPSA) is 0 Å². The normalized spacial score (nSPS) is 11.0. The van der Waals surface area contributed by atoms with Crippen LogP contribution < -0.4 is 0 Å². The van der Waals surface area contributed by atoms with Crippen LogP contribution in [0, 0.1) is 6.92 Å². The fraction of sp³-hybridized carbons (Fsp3) is 0.667. The first-order valence-corrected chi connectivity index (χ1v) is 6.47. The molecule has 0 bridgehead atoms. The standard InChI is InChI=1S/C15H27/c1-3-5-7-9-11-13-15-14-12-10-8-6-4-2/h3,10,12H,1-2,4-9,11,13-15H2. The molecule has 0 saturated carbocycles. The number of hydrogen-bond donors (Lipinski definition) is 0. The Bertz CT molecular complexity index is 144. The van der Waals surface area contributed by atoms with Crippen LogP contribution in [0.1, 0.15) is 64.2 Å². The molecule has 1 radical (unpaired) electrons. The lowest BCUT2D eigenvalue weighted by molar-refractivity contribution is 0.622. The largest absolute Gasteiger partial charge is 0.103 e. The molecule has 0 fully saturated rings. The van der Waals surface area contributed by atoms with Crippen molar-refractivity contribution in [3.8, 4) is 0 Å². The molecule has 0 nitrogen and oxygen atoms in total. The van der Waals surface area contributed by atoms with Crippen molar-refractivity contribution in [1.29, 1.82) is 0 Å². The fourth-order valence-corrected chi connectivity index (χ4v) is 1.58. The predicted octanol–water partition coefficient (Wildman–Crippen LogP) is 5.46. The zero-order valence-corrected chi connectivity index (χ0v) is 10.2. The van der Waals surface area contributed by atoms with E-state index in [1.807, 2.05) is 6.08 Å². The summed E-state index contributed by atoms with van der Waals surface area (Å²) in [4.78, 5) is 0. The van der Waals surface area contributed by atoms with Gasteiger partial charge in [0.2, 0.25) is 0 Å². The van der Waals surface area contributed by atoms with E-state index in [0.717, 1.165) is 6.42 Å². The molecule has 0 heterocycles. The maximum absolute atomic E-state index is 3.83. The average molecular weight is 207 g/mol. The molecule has 0 spiro atoms. The summed E-state index contributed by atoms with van der Waals surface area (Å²) < 4.78 is 0. The molecule has 0 heteroatoms. The number of rotatable bonds is 11. The predicted molar refractivity (Wildman–Crippen MR) is 70.9 cm³/mol. The highest BCUT2D eigenvalue weighted by Gasteiger charge is 1.88. The maximum atomic E-state index is 3.83. The van der Waals surface area contributed by atoms with Gasteiger partial charge in [-0.1, -0.05) is 50.8 Å². The SMILES string of the molecule is [CH2]CCCC=CCCCCCCCC=C. The van der Waals surface area contributed by atoms with Gasteiger partial charge >= 0.3 is 0 Å². The average Bonchev–Trinajstić information content (AvgIpc) is 2.26. The maximum Gasteiger partial charge on any atom is -0.0351 e. The molecule has 0 amide bonds. The Kier molecular flexibility index (Phi) is 13.0. The second-order valence-corrected chi connectivity index (χ2v) is 4.10. The van der Waals surface area contributed by atoms with Crippen LogP contribution in [0.4, 0.5) is 0 Å². The van der Waals surface area contributed by atoms with Gasteiger partial charge in [-0.25, -0.2) is 0 Å². The van der Waals surface area contributed by atoms with Crippen LogP contribution in [0.3, 0.4) is 0 Å². The minimum atomic E-state index is 1.06. The van der Waals surface area contributed by atoms with Crippen molar-refractivity contribution in [3.63, 3.8) is 0 Å². The van der Waals surface area contributed by atoms with Crippen molar-refractivity contribution in [3.05, 3.63) is 31.7 Å². The van der Waals surface area contributed by atoms with E-state index < -0.39 is 0 Å². The van der Waals surface area contributed by atoms with Crippen LogP contribution in [0.15, 0.2) is 24.8 Å². The van der Waals surface area contributed by atoms with Crippen LogP contribution in [0.5, 0.6) is 0 Å². The van der Waals surface area contributed by atoms with Gasteiger partial charge in [-0.05, 0) is 38.5 Å². The van der Waals surface area contributed by atoms with Crippen molar-refractivity contribution in [2.75, 3.05) is 0 Å². The van der Waals surface area contributed by atoms with E-state index in [2.05, 4.69) is 25.7 Å². The molecular formula is C15H27. The fourth-order valence-electron chi connectivity index (χ4n) is 1.58. The van der Waals surface area contributed by atoms with E-state index in [1.165, 1.54) is 57.8 Å². The Morgan fingerprint density at radius 3 is 1.80 bits per heavy atom. The summed E-state index contributed by atoms with van der Waals surface area (Å²) in [5.74, 6) is 0. The first kappa shape index (κ1) is 14.5. The Labute approximate surface area is 96.5 Å². The number of hydrogen-bond acceptors (Lipinski definition) is 0. The highest BCUT2D eigenvalue weighted by molar-refractivity contribution is 4.81. The van der Waals surface area contributed by atoms with Gasteiger partial charge in [-0.2, -0.15) is 0 Å². The van der Waals surface area contributed by atoms with Gasteiger partial charge in [0.15, 0.2) is 0 Å². The summed E-state index contributed by atoms with van der Waals surface area (Å²) in [5, 5.41) is 0. The number of allylic oxidation sites excluding steroid dienone is 3. The van der Waals surface area contributed by atoms with Gasteiger partial charge in [0, 0.05) is 0 Å². The first-order valence-electron chi connectivity index (χ1n) is 6.47. The quantitative estimate of drug-likeness (QED) is 0.311. The molecule has 87 valence electrons. The van der Waals surface area contributed by atoms with Gasteiger partial charge in [0.05, 0.1) is 0 Å². The van der Waals surface area contributed by atoms with Crippen molar-refractivity contribution >= 4 is 0 Å². The second kappa shape index (κ2) is 13.5. The van der Waals surface area contributed by atoms with Gasteiger partial charge in [-0.3, -0.25) is 0 Å². The van der Waals surface area contributed by atoms with Crippen LogP contribution in [-0.4, -0.2) is 0 Å². The third-order valence-corrected chi connectivity index (χ3v) is 2.57. The minimum Gasteiger partial charge on any atom is -0.103 e. The third kappa shape index (κ3) is 13.5. The highest BCUT2D eigenvalue weighted by atomic mass is 13.9. The van der Waals surface area contributed by atoms with E-state index in [1.54, 1.807) is 0 Å². The molecule has 0 aliphatic carbocycles. The van der Waals surface area contributed by atoms with Crippen LogP contribution >= 0.6 is 0 Å². The smallest absolute Gasteiger partial charge is 0.0351 e. The molecule has 0 N–H and O–H groups in total. The summed E-state index contributed by atoms with van der Waals surface area (Å²) in [5.41, 5.74) is 0. The van der Waals surface area contributed by atoms with E-state index in [9.17, 15) is 0 Å². The van der Waals surface area contributed by atoms with Crippen LogP contribution in [0.25, 0.3) is 0 Å². The van der Waals surface area contributed by atoms with Crippen LogP contribution in [-0.2, 0) is 0 Å². The molecular weight excluding hydrogens is 180 g/mol.